The highest BCUT2D eigenvalue weighted by Gasteiger charge is 2.25. The van der Waals surface area contributed by atoms with Crippen LogP contribution in [0.15, 0.2) is 170 Å². The van der Waals surface area contributed by atoms with Crippen LogP contribution >= 0.6 is 0 Å². The molecule has 0 radical (unpaired) electrons. The molecular formula is C50H37N. The van der Waals surface area contributed by atoms with E-state index in [9.17, 15) is 0 Å². The lowest BCUT2D eigenvalue weighted by atomic mass is 9.84. The lowest BCUT2D eigenvalue weighted by Crippen LogP contribution is -2.21. The summed E-state index contributed by atoms with van der Waals surface area (Å²) in [7, 11) is 0. The zero-order chi connectivity index (χ0) is 35.1. The highest BCUT2D eigenvalue weighted by molar-refractivity contribution is 6.28. The quantitative estimate of drug-likeness (QED) is 0.167. The molecule has 0 unspecified atom stereocenters. The highest BCUT2D eigenvalue weighted by atomic mass is 15.0. The maximum atomic E-state index is 7.99. The van der Waals surface area contributed by atoms with Gasteiger partial charge in [-0.05, 0) is 104 Å². The molecule has 0 fully saturated rings. The van der Waals surface area contributed by atoms with Crippen LogP contribution in [-0.2, 0) is 5.54 Å². The monoisotopic (exact) mass is 652 g/mol. The van der Waals surface area contributed by atoms with Crippen LogP contribution in [-0.4, -0.2) is 4.57 Å². The molecule has 0 saturated heterocycles. The smallest absolute Gasteiger partial charge is 0.0623 e. The van der Waals surface area contributed by atoms with Gasteiger partial charge in [0.1, 0.15) is 0 Å². The van der Waals surface area contributed by atoms with Crippen LogP contribution in [0.2, 0.25) is 0 Å². The van der Waals surface area contributed by atoms with Crippen molar-refractivity contribution in [3.8, 4) is 33.4 Å². The molecule has 51 heavy (non-hydrogen) atoms. The van der Waals surface area contributed by atoms with Gasteiger partial charge < -0.3 is 4.57 Å². The summed E-state index contributed by atoms with van der Waals surface area (Å²) in [5.41, 5.74) is 9.81. The molecule has 1 nitrogen and oxygen atoms in total. The summed E-state index contributed by atoms with van der Waals surface area (Å²) in [6, 6.07) is 60.2. The van der Waals surface area contributed by atoms with E-state index in [0.29, 0.717) is 6.04 Å². The third-order valence-corrected chi connectivity index (χ3v) is 10.7. The highest BCUT2D eigenvalue weighted by Crippen LogP contribution is 2.48. The fraction of sp³-hybridized carbons (Fsp3) is 0.0800. The molecule has 0 aliphatic heterocycles. The Balaban J connectivity index is 1.23. The van der Waals surface area contributed by atoms with Crippen molar-refractivity contribution >= 4 is 64.9 Å². The van der Waals surface area contributed by atoms with Crippen LogP contribution in [0.1, 0.15) is 22.1 Å². The van der Waals surface area contributed by atoms with E-state index in [-0.39, 0.29) is 5.54 Å². The Labute approximate surface area is 299 Å². The summed E-state index contributed by atoms with van der Waals surface area (Å²) in [6.07, 6.45) is 0. The molecule has 0 amide bonds. The summed E-state index contributed by atoms with van der Waals surface area (Å²) in [4.78, 5) is 0. The minimum atomic E-state index is -0.124. The van der Waals surface area contributed by atoms with Gasteiger partial charge in [0.15, 0.2) is 0 Å². The first-order valence-corrected chi connectivity index (χ1v) is 17.9. The number of hydrogen-bond donors (Lipinski definition) is 0. The van der Waals surface area contributed by atoms with Crippen LogP contribution in [0.3, 0.4) is 0 Å². The summed E-state index contributed by atoms with van der Waals surface area (Å²) in [6.45, 7) is 6.96. The maximum absolute atomic E-state index is 7.99. The molecule has 0 spiro atoms. The number of aromatic nitrogens is 1. The van der Waals surface area contributed by atoms with Crippen molar-refractivity contribution < 1.29 is 1.37 Å². The summed E-state index contributed by atoms with van der Waals surface area (Å²) >= 11 is 0. The van der Waals surface area contributed by atoms with Crippen LogP contribution in [0.4, 0.5) is 0 Å². The van der Waals surface area contributed by atoms with E-state index in [1.54, 1.807) is 0 Å². The first-order chi connectivity index (χ1) is 25.3. The van der Waals surface area contributed by atoms with E-state index in [4.69, 9.17) is 1.37 Å². The second-order valence-corrected chi connectivity index (χ2v) is 14.8. The second kappa shape index (κ2) is 11.2. The zero-order valence-electron chi connectivity index (χ0n) is 30.0. The molecule has 0 N–H and O–H groups in total. The van der Waals surface area contributed by atoms with Crippen molar-refractivity contribution in [1.29, 1.82) is 0 Å². The first-order valence-electron chi connectivity index (χ1n) is 18.4. The SMILES string of the molecule is [2H]c1ccc2cc(-c3ccc(-c4c5ccccc5c(-c5cccc6c5c5ccc7ccccc7c5n6C(C)(C)C)c5ccccc45)cc3)ccc2c1. The van der Waals surface area contributed by atoms with Gasteiger partial charge in [0.25, 0.3) is 0 Å². The Kier molecular flexibility index (Phi) is 6.27. The van der Waals surface area contributed by atoms with Gasteiger partial charge in [0.2, 0.25) is 0 Å². The fourth-order valence-corrected chi connectivity index (χ4v) is 8.60. The van der Waals surface area contributed by atoms with Crippen molar-refractivity contribution in [2.75, 3.05) is 0 Å². The third-order valence-electron chi connectivity index (χ3n) is 10.7. The standard InChI is InChI=1S/C50H37N/c1-50(2,3)51-45-22-12-21-43(48(45)44-30-29-34-14-6-7-16-38(34)49(44)51)47-41-19-10-8-17-39(41)46(40-18-9-11-20-42(40)47)35-26-23-33(24-27-35)37-28-25-32-13-4-5-15-36(32)31-37/h4-31H,1-3H3/i4D. The van der Waals surface area contributed by atoms with Gasteiger partial charge in [0, 0.05) is 21.7 Å². The number of hydrogen-bond acceptors (Lipinski definition) is 0. The Bertz CT molecular complexity index is 2990. The molecule has 10 rings (SSSR count). The second-order valence-electron chi connectivity index (χ2n) is 14.8. The van der Waals surface area contributed by atoms with Crippen LogP contribution in [0.5, 0.6) is 0 Å². The molecule has 1 heteroatoms. The van der Waals surface area contributed by atoms with Crippen molar-refractivity contribution in [2.24, 2.45) is 0 Å². The molecule has 242 valence electrons. The van der Waals surface area contributed by atoms with Crippen molar-refractivity contribution in [3.05, 3.63) is 170 Å². The zero-order valence-corrected chi connectivity index (χ0v) is 29.0. The normalized spacial score (nSPS) is 12.5. The van der Waals surface area contributed by atoms with Gasteiger partial charge >= 0.3 is 0 Å². The van der Waals surface area contributed by atoms with Gasteiger partial charge in [-0.1, -0.05) is 158 Å². The van der Waals surface area contributed by atoms with Crippen molar-refractivity contribution in [2.45, 2.75) is 26.3 Å². The summed E-state index contributed by atoms with van der Waals surface area (Å²) in [5.74, 6) is 0. The van der Waals surface area contributed by atoms with E-state index in [1.165, 1.54) is 87.5 Å². The van der Waals surface area contributed by atoms with Gasteiger partial charge in [0.05, 0.1) is 12.4 Å². The molecule has 0 bridgehead atoms. The van der Waals surface area contributed by atoms with E-state index < -0.39 is 0 Å². The molecule has 0 aliphatic carbocycles. The maximum Gasteiger partial charge on any atom is 0.0623 e. The average molecular weight is 653 g/mol. The fourth-order valence-electron chi connectivity index (χ4n) is 8.60. The molecule has 1 heterocycles. The first kappa shape index (κ1) is 28.6. The van der Waals surface area contributed by atoms with Gasteiger partial charge in [-0.3, -0.25) is 0 Å². The number of nitrogens with zero attached hydrogens (tertiary/aromatic N) is 1. The molecule has 10 aromatic rings. The largest absolute Gasteiger partial charge is 0.335 e. The van der Waals surface area contributed by atoms with Crippen molar-refractivity contribution in [3.63, 3.8) is 0 Å². The van der Waals surface area contributed by atoms with Crippen LogP contribution < -0.4 is 0 Å². The van der Waals surface area contributed by atoms with E-state index >= 15 is 0 Å². The lowest BCUT2D eigenvalue weighted by molar-refractivity contribution is 0.424. The molecular weight excluding hydrogens is 615 g/mol. The number of rotatable bonds is 3. The third kappa shape index (κ3) is 4.55. The predicted octanol–water partition coefficient (Wildman–Crippen LogP) is 14.2. The summed E-state index contributed by atoms with van der Waals surface area (Å²) in [5, 5.41) is 12.4. The Morgan fingerprint density at radius 2 is 1.02 bits per heavy atom. The molecule has 0 saturated carbocycles. The molecule has 9 aromatic carbocycles. The average Bonchev–Trinajstić information content (AvgIpc) is 3.53. The number of fused-ring (bicyclic) bond motifs is 8. The van der Waals surface area contributed by atoms with E-state index in [0.717, 1.165) is 10.8 Å². The predicted molar refractivity (Wildman–Crippen MR) is 221 cm³/mol. The lowest BCUT2D eigenvalue weighted by Gasteiger charge is -2.25. The van der Waals surface area contributed by atoms with Crippen LogP contribution in [0, 0.1) is 0 Å². The molecule has 0 aliphatic rings. The summed E-state index contributed by atoms with van der Waals surface area (Å²) < 4.78 is 10.6. The molecule has 0 atom stereocenters. The Morgan fingerprint density at radius 1 is 0.431 bits per heavy atom. The Hall–Kier alpha value is -6.18. The van der Waals surface area contributed by atoms with Gasteiger partial charge in [-0.2, -0.15) is 0 Å². The minimum absolute atomic E-state index is 0.124. The van der Waals surface area contributed by atoms with E-state index in [1.807, 2.05) is 18.2 Å². The Morgan fingerprint density at radius 3 is 1.73 bits per heavy atom. The number of benzene rings is 9. The topological polar surface area (TPSA) is 4.93 Å². The van der Waals surface area contributed by atoms with Crippen LogP contribution in [0.25, 0.3) is 98.3 Å². The van der Waals surface area contributed by atoms with Gasteiger partial charge in [-0.25, -0.2) is 0 Å². The van der Waals surface area contributed by atoms with Gasteiger partial charge in [-0.15, -0.1) is 0 Å². The van der Waals surface area contributed by atoms with E-state index in [2.05, 4.69) is 171 Å². The minimum Gasteiger partial charge on any atom is -0.335 e. The molecule has 1 aromatic heterocycles. The van der Waals surface area contributed by atoms with Crippen molar-refractivity contribution in [1.82, 2.24) is 4.57 Å².